The van der Waals surface area contributed by atoms with Gasteiger partial charge < -0.3 is 14.5 Å². The van der Waals surface area contributed by atoms with Gasteiger partial charge in [-0.05, 0) is 42.8 Å². The Morgan fingerprint density at radius 3 is 2.31 bits per heavy atom. The van der Waals surface area contributed by atoms with Gasteiger partial charge in [-0.3, -0.25) is 24.5 Å². The van der Waals surface area contributed by atoms with E-state index in [-0.39, 0.29) is 47.6 Å². The third-order valence-corrected chi connectivity index (χ3v) is 10.8. The highest BCUT2D eigenvalue weighted by Crippen LogP contribution is 2.39. The van der Waals surface area contributed by atoms with E-state index in [9.17, 15) is 24.5 Å². The summed E-state index contributed by atoms with van der Waals surface area (Å²) in [6, 6.07) is 5.26. The van der Waals surface area contributed by atoms with Crippen LogP contribution in [0.25, 0.3) is 0 Å². The van der Waals surface area contributed by atoms with Crippen molar-refractivity contribution < 1.29 is 28.5 Å². The van der Waals surface area contributed by atoms with Gasteiger partial charge in [0.15, 0.2) is 8.32 Å². The number of rotatable bonds is 10. The van der Waals surface area contributed by atoms with E-state index in [1.807, 2.05) is 6.92 Å². The first-order chi connectivity index (χ1) is 14.7. The standard InChI is InChI=1S/C22H32N2O7Si/c1-14(31-32(5,6)22(2,3)4)20-18(23-21(20)27)11-17(25)12-19(26)30-13-15-7-9-16(10-8-15)24(28)29/h7-10,14,18,20H,11-13H2,1-6H3,(H,23,27)/t14-,18-,20-/m1/s1. The molecule has 1 aliphatic heterocycles. The number of amides is 1. The first-order valence-corrected chi connectivity index (χ1v) is 13.5. The summed E-state index contributed by atoms with van der Waals surface area (Å²) in [6.07, 6.45) is -0.686. The largest absolute Gasteiger partial charge is 0.460 e. The van der Waals surface area contributed by atoms with E-state index in [2.05, 4.69) is 39.2 Å². The molecular weight excluding hydrogens is 432 g/mol. The summed E-state index contributed by atoms with van der Waals surface area (Å²) in [6.45, 7) is 12.4. The minimum absolute atomic E-state index is 0.000228. The highest BCUT2D eigenvalue weighted by molar-refractivity contribution is 6.74. The molecule has 0 bridgehead atoms. The number of Topliss-reactive ketones (excluding diaryl/α,β-unsaturated/α-hetero) is 1. The lowest BCUT2D eigenvalue weighted by Crippen LogP contribution is -2.64. The molecule has 0 spiro atoms. The summed E-state index contributed by atoms with van der Waals surface area (Å²) < 4.78 is 11.4. The molecule has 1 aliphatic rings. The molecule has 10 heteroatoms. The molecule has 3 atom stereocenters. The number of ketones is 1. The lowest BCUT2D eigenvalue weighted by Gasteiger charge is -2.45. The fraction of sp³-hybridized carbons (Fsp3) is 0.591. The minimum Gasteiger partial charge on any atom is -0.460 e. The van der Waals surface area contributed by atoms with Crippen LogP contribution >= 0.6 is 0 Å². The van der Waals surface area contributed by atoms with Crippen molar-refractivity contribution in [2.45, 2.75) is 77.4 Å². The van der Waals surface area contributed by atoms with Crippen molar-refractivity contribution >= 4 is 31.7 Å². The molecule has 0 aliphatic carbocycles. The molecule has 176 valence electrons. The molecule has 1 amide bonds. The van der Waals surface area contributed by atoms with Crippen LogP contribution in [0.3, 0.4) is 0 Å². The van der Waals surface area contributed by atoms with Gasteiger partial charge in [0.05, 0.1) is 16.9 Å². The maximum atomic E-state index is 12.3. The van der Waals surface area contributed by atoms with Crippen molar-refractivity contribution in [3.05, 3.63) is 39.9 Å². The van der Waals surface area contributed by atoms with Gasteiger partial charge in [-0.1, -0.05) is 20.8 Å². The highest BCUT2D eigenvalue weighted by atomic mass is 28.4. The Balaban J connectivity index is 1.83. The van der Waals surface area contributed by atoms with Crippen LogP contribution < -0.4 is 5.32 Å². The Hall–Kier alpha value is -2.59. The quantitative estimate of drug-likeness (QED) is 0.140. The van der Waals surface area contributed by atoms with Crippen LogP contribution in [0, 0.1) is 16.0 Å². The SMILES string of the molecule is C[C@@H](O[Si](C)(C)C(C)(C)C)[C@H]1C(=O)N[C@@H]1CC(=O)CC(=O)OCc1ccc([N+](=O)[O-])cc1. The van der Waals surface area contributed by atoms with Crippen molar-refractivity contribution in [3.63, 3.8) is 0 Å². The molecule has 1 saturated heterocycles. The first kappa shape index (κ1) is 25.7. The van der Waals surface area contributed by atoms with E-state index in [0.29, 0.717) is 5.56 Å². The zero-order valence-corrected chi connectivity index (χ0v) is 20.5. The molecule has 1 fully saturated rings. The van der Waals surface area contributed by atoms with Gasteiger partial charge in [-0.25, -0.2) is 0 Å². The van der Waals surface area contributed by atoms with Crippen LogP contribution in [0.5, 0.6) is 0 Å². The number of hydrogen-bond donors (Lipinski definition) is 1. The summed E-state index contributed by atoms with van der Waals surface area (Å²) in [4.78, 5) is 46.6. The summed E-state index contributed by atoms with van der Waals surface area (Å²) in [5.41, 5.74) is 0.526. The van der Waals surface area contributed by atoms with E-state index in [1.54, 1.807) is 0 Å². The second-order valence-corrected chi connectivity index (χ2v) is 14.5. The number of carbonyl (C=O) groups excluding carboxylic acids is 3. The summed E-state index contributed by atoms with van der Waals surface area (Å²) in [5, 5.41) is 13.4. The zero-order chi connectivity index (χ0) is 24.3. The van der Waals surface area contributed by atoms with Crippen LogP contribution in [0.4, 0.5) is 5.69 Å². The number of ether oxygens (including phenoxy) is 1. The Kier molecular flexibility index (Phi) is 7.95. The van der Waals surface area contributed by atoms with Crippen LogP contribution in [0.2, 0.25) is 18.1 Å². The molecule has 1 aromatic rings. The van der Waals surface area contributed by atoms with Crippen LogP contribution in [0.15, 0.2) is 24.3 Å². The number of nitro benzene ring substituents is 1. The van der Waals surface area contributed by atoms with Gasteiger partial charge in [-0.15, -0.1) is 0 Å². The van der Waals surface area contributed by atoms with Crippen molar-refractivity contribution in [1.82, 2.24) is 5.32 Å². The first-order valence-electron chi connectivity index (χ1n) is 10.6. The molecule has 1 N–H and O–H groups in total. The number of nitrogens with one attached hydrogen (secondary N) is 1. The van der Waals surface area contributed by atoms with Crippen molar-refractivity contribution in [2.75, 3.05) is 0 Å². The van der Waals surface area contributed by atoms with E-state index < -0.39 is 31.5 Å². The van der Waals surface area contributed by atoms with E-state index in [4.69, 9.17) is 9.16 Å². The number of carbonyl (C=O) groups is 3. The van der Waals surface area contributed by atoms with Crippen LogP contribution in [-0.4, -0.2) is 43.0 Å². The average Bonchev–Trinajstić information content (AvgIpc) is 2.64. The Morgan fingerprint density at radius 1 is 1.22 bits per heavy atom. The molecular formula is C22H32N2O7Si. The highest BCUT2D eigenvalue weighted by Gasteiger charge is 2.47. The lowest BCUT2D eigenvalue weighted by atomic mass is 9.83. The van der Waals surface area contributed by atoms with Crippen molar-refractivity contribution in [3.8, 4) is 0 Å². The average molecular weight is 465 g/mol. The van der Waals surface area contributed by atoms with E-state index in [1.165, 1.54) is 24.3 Å². The maximum absolute atomic E-state index is 12.3. The number of β-lactam (4-membered cyclic amide) rings is 1. The van der Waals surface area contributed by atoms with Crippen molar-refractivity contribution in [2.24, 2.45) is 5.92 Å². The summed E-state index contributed by atoms with van der Waals surface area (Å²) >= 11 is 0. The molecule has 32 heavy (non-hydrogen) atoms. The second-order valence-electron chi connectivity index (χ2n) is 9.73. The molecule has 2 rings (SSSR count). The molecule has 9 nitrogen and oxygen atoms in total. The third kappa shape index (κ3) is 6.46. The normalized spacial score (nSPS) is 19.5. The molecule has 0 aromatic heterocycles. The number of esters is 1. The lowest BCUT2D eigenvalue weighted by molar-refractivity contribution is -0.384. The molecule has 1 aromatic carbocycles. The maximum Gasteiger partial charge on any atom is 0.313 e. The Bertz CT molecular complexity index is 877. The molecule has 0 unspecified atom stereocenters. The van der Waals surface area contributed by atoms with Crippen LogP contribution in [0.1, 0.15) is 46.1 Å². The monoisotopic (exact) mass is 464 g/mol. The summed E-state index contributed by atoms with van der Waals surface area (Å²) in [5.74, 6) is -1.58. The predicted molar refractivity (Wildman–Crippen MR) is 120 cm³/mol. The van der Waals surface area contributed by atoms with Gasteiger partial charge in [0.1, 0.15) is 18.8 Å². The Labute approximate surface area is 189 Å². The predicted octanol–water partition coefficient (Wildman–Crippen LogP) is 3.51. The van der Waals surface area contributed by atoms with E-state index in [0.717, 1.165) is 0 Å². The minimum atomic E-state index is -2.07. The van der Waals surface area contributed by atoms with Gasteiger partial charge >= 0.3 is 5.97 Å². The van der Waals surface area contributed by atoms with Crippen molar-refractivity contribution in [1.29, 1.82) is 0 Å². The topological polar surface area (TPSA) is 125 Å². The smallest absolute Gasteiger partial charge is 0.313 e. The molecule has 1 heterocycles. The number of nitrogens with zero attached hydrogens (tertiary/aromatic N) is 1. The number of hydrogen-bond acceptors (Lipinski definition) is 7. The number of non-ortho nitro benzene ring substituents is 1. The van der Waals surface area contributed by atoms with Gasteiger partial charge in [0.2, 0.25) is 5.91 Å². The fourth-order valence-electron chi connectivity index (χ4n) is 3.30. The van der Waals surface area contributed by atoms with Gasteiger partial charge in [-0.2, -0.15) is 0 Å². The second kappa shape index (κ2) is 9.91. The molecule has 0 radical (unpaired) electrons. The van der Waals surface area contributed by atoms with E-state index >= 15 is 0 Å². The zero-order valence-electron chi connectivity index (χ0n) is 19.5. The summed E-state index contributed by atoms with van der Waals surface area (Å²) in [7, 11) is -2.07. The fourth-order valence-corrected chi connectivity index (χ4v) is 4.73. The Morgan fingerprint density at radius 2 is 1.81 bits per heavy atom. The molecule has 0 saturated carbocycles. The number of nitro groups is 1. The number of benzene rings is 1. The van der Waals surface area contributed by atoms with Gasteiger partial charge in [0, 0.05) is 24.6 Å². The van der Waals surface area contributed by atoms with Crippen LogP contribution in [-0.2, 0) is 30.2 Å². The third-order valence-electron chi connectivity index (χ3n) is 6.19. The van der Waals surface area contributed by atoms with Gasteiger partial charge in [0.25, 0.3) is 5.69 Å².